The minimum absolute atomic E-state index is 0.0657. The van der Waals surface area contributed by atoms with Crippen LogP contribution in [-0.4, -0.2) is 11.3 Å². The quantitative estimate of drug-likeness (QED) is 0.164. The molecule has 13 rings (SSSR count). The Hall–Kier alpha value is -6.72. The minimum atomic E-state index is -0.0657. The summed E-state index contributed by atoms with van der Waals surface area (Å²) in [5.74, 6) is 0. The summed E-state index contributed by atoms with van der Waals surface area (Å²) in [6, 6.07) is 53.2. The first-order valence-electron chi connectivity index (χ1n) is 18.0. The van der Waals surface area contributed by atoms with E-state index in [9.17, 15) is 0 Å². The van der Waals surface area contributed by atoms with E-state index < -0.39 is 0 Å². The Bertz CT molecular complexity index is 3400. The Labute approximate surface area is 297 Å². The number of aromatic nitrogens is 1. The van der Waals surface area contributed by atoms with Crippen molar-refractivity contribution in [1.82, 2.24) is 4.48 Å². The van der Waals surface area contributed by atoms with Crippen molar-refractivity contribution >= 4 is 111 Å². The lowest BCUT2D eigenvalue weighted by Gasteiger charge is -2.40. The van der Waals surface area contributed by atoms with Crippen LogP contribution in [0.4, 0.5) is 17.1 Å². The fraction of sp³-hybridized carbons (Fsp3) is 0.0213. The number of nitrogens with zero attached hydrogens (tertiary/aromatic N) is 2. The zero-order valence-electron chi connectivity index (χ0n) is 28.1. The maximum Gasteiger partial charge on any atom is 0.333 e. The lowest BCUT2D eigenvalue weighted by Crippen LogP contribution is -2.56. The molecule has 2 aliphatic rings. The zero-order valence-corrected chi connectivity index (χ0v) is 28.1. The molecule has 0 saturated heterocycles. The Morgan fingerprint density at radius 1 is 0.500 bits per heavy atom. The number of hydrogen-bond acceptors (Lipinski definition) is 3. The Balaban J connectivity index is 1.21. The van der Waals surface area contributed by atoms with Crippen molar-refractivity contribution < 1.29 is 8.83 Å². The zero-order chi connectivity index (χ0) is 33.8. The van der Waals surface area contributed by atoms with Gasteiger partial charge in [0, 0.05) is 66.0 Å². The van der Waals surface area contributed by atoms with Gasteiger partial charge < -0.3 is 18.2 Å². The second-order valence-electron chi connectivity index (χ2n) is 14.5. The molecule has 0 spiro atoms. The molecule has 0 saturated carbocycles. The molecule has 2 aliphatic heterocycles. The topological polar surface area (TPSA) is 34.5 Å². The molecule has 8 aromatic carbocycles. The number of benzene rings is 8. The van der Waals surface area contributed by atoms with Crippen LogP contribution >= 0.6 is 0 Å². The molecule has 0 bridgehead atoms. The molecular weight excluding hydrogens is 635 g/mol. The van der Waals surface area contributed by atoms with E-state index in [0.717, 1.165) is 55.3 Å². The van der Waals surface area contributed by atoms with Crippen LogP contribution in [0.1, 0.15) is 5.56 Å². The first-order valence-corrected chi connectivity index (χ1v) is 18.0. The molecule has 3 aromatic heterocycles. The predicted octanol–water partition coefficient (Wildman–Crippen LogP) is 11.5. The second kappa shape index (κ2) is 9.33. The maximum absolute atomic E-state index is 6.63. The van der Waals surface area contributed by atoms with E-state index in [1.807, 2.05) is 6.07 Å². The van der Waals surface area contributed by atoms with Crippen LogP contribution in [0, 0.1) is 6.92 Å². The van der Waals surface area contributed by atoms with Gasteiger partial charge in [0.25, 0.3) is 0 Å². The van der Waals surface area contributed by atoms with Gasteiger partial charge in [0.05, 0.1) is 0 Å². The molecular formula is C47H27BN2O2. The summed E-state index contributed by atoms with van der Waals surface area (Å²) >= 11 is 0. The van der Waals surface area contributed by atoms with Crippen molar-refractivity contribution in [2.24, 2.45) is 0 Å². The van der Waals surface area contributed by atoms with Gasteiger partial charge in [-0.2, -0.15) is 0 Å². The smallest absolute Gasteiger partial charge is 0.333 e. The van der Waals surface area contributed by atoms with Gasteiger partial charge in [0.15, 0.2) is 0 Å². The van der Waals surface area contributed by atoms with Crippen LogP contribution < -0.4 is 15.8 Å². The van der Waals surface area contributed by atoms with Crippen LogP contribution in [-0.2, 0) is 0 Å². The van der Waals surface area contributed by atoms with Gasteiger partial charge in [-0.1, -0.05) is 91.0 Å². The molecule has 4 nitrogen and oxygen atoms in total. The molecule has 0 radical (unpaired) electrons. The summed E-state index contributed by atoms with van der Waals surface area (Å²) < 4.78 is 15.6. The summed E-state index contributed by atoms with van der Waals surface area (Å²) in [5, 5.41) is 9.64. The predicted molar refractivity (Wildman–Crippen MR) is 217 cm³/mol. The van der Waals surface area contributed by atoms with Crippen LogP contribution in [0.5, 0.6) is 0 Å². The van der Waals surface area contributed by atoms with E-state index >= 15 is 0 Å². The third-order valence-electron chi connectivity index (χ3n) is 11.8. The van der Waals surface area contributed by atoms with Gasteiger partial charge in [-0.3, -0.25) is 0 Å². The molecule has 0 unspecified atom stereocenters. The van der Waals surface area contributed by atoms with Crippen molar-refractivity contribution in [2.75, 3.05) is 4.90 Å². The normalized spacial score (nSPS) is 13.4. The largest absolute Gasteiger partial charge is 0.456 e. The highest BCUT2D eigenvalue weighted by molar-refractivity contribution is 6.90. The number of aryl methyl sites for hydroxylation is 1. The van der Waals surface area contributed by atoms with E-state index in [1.165, 1.54) is 65.9 Å². The van der Waals surface area contributed by atoms with Crippen molar-refractivity contribution in [2.45, 2.75) is 6.92 Å². The number of hydrogen-bond donors (Lipinski definition) is 0. The standard InChI is InChI=1S/C47H27BN2O2/c1-26-21-36-32-13-8-14-33-45-29-10-3-2-9-27(29)17-19-38(45)50(47(32)33)48-37-25-44-35(31-12-5-7-16-42(31)52-44)24-39(37)49(40(22-26)46(36)48)28-18-20-43-34(23-28)30-11-4-6-15-41(30)51-43/h2-25H,1H3. The van der Waals surface area contributed by atoms with E-state index in [4.69, 9.17) is 8.83 Å². The maximum atomic E-state index is 6.63. The highest BCUT2D eigenvalue weighted by Gasteiger charge is 2.43. The average molecular weight is 663 g/mol. The number of rotatable bonds is 1. The van der Waals surface area contributed by atoms with Crippen LogP contribution in [0.25, 0.3) is 87.6 Å². The Kier molecular flexibility index (Phi) is 4.86. The van der Waals surface area contributed by atoms with Crippen LogP contribution in [0.15, 0.2) is 154 Å². The highest BCUT2D eigenvalue weighted by Crippen LogP contribution is 2.48. The molecule has 5 heterocycles. The third-order valence-corrected chi connectivity index (χ3v) is 11.8. The Morgan fingerprint density at radius 3 is 2.06 bits per heavy atom. The summed E-state index contributed by atoms with van der Waals surface area (Å²) in [6.07, 6.45) is 0. The van der Waals surface area contributed by atoms with Gasteiger partial charge in [-0.15, -0.1) is 0 Å². The molecule has 0 atom stereocenters. The van der Waals surface area contributed by atoms with Gasteiger partial charge in [-0.05, 0) is 94.3 Å². The summed E-state index contributed by atoms with van der Waals surface area (Å²) in [5.41, 5.74) is 16.0. The summed E-state index contributed by atoms with van der Waals surface area (Å²) in [6.45, 7) is 2.17. The first kappa shape index (κ1) is 27.1. The molecule has 52 heavy (non-hydrogen) atoms. The highest BCUT2D eigenvalue weighted by atomic mass is 16.3. The molecule has 11 aromatic rings. The average Bonchev–Trinajstić information content (AvgIpc) is 3.85. The molecule has 240 valence electrons. The number of para-hydroxylation sites is 3. The van der Waals surface area contributed by atoms with Crippen LogP contribution in [0.3, 0.4) is 0 Å². The monoisotopic (exact) mass is 662 g/mol. The minimum Gasteiger partial charge on any atom is -0.456 e. The summed E-state index contributed by atoms with van der Waals surface area (Å²) in [4.78, 5) is 2.49. The van der Waals surface area contributed by atoms with Gasteiger partial charge in [0.1, 0.15) is 22.3 Å². The van der Waals surface area contributed by atoms with Gasteiger partial charge in [-0.25, -0.2) is 0 Å². The fourth-order valence-electron chi connectivity index (χ4n) is 9.70. The van der Waals surface area contributed by atoms with Gasteiger partial charge >= 0.3 is 6.85 Å². The lowest BCUT2D eigenvalue weighted by molar-refractivity contribution is 0.669. The van der Waals surface area contributed by atoms with Crippen molar-refractivity contribution in [1.29, 1.82) is 0 Å². The van der Waals surface area contributed by atoms with E-state index in [2.05, 4.69) is 156 Å². The molecule has 5 heteroatoms. The number of anilines is 3. The molecule has 0 N–H and O–H groups in total. The molecule has 0 amide bonds. The summed E-state index contributed by atoms with van der Waals surface area (Å²) in [7, 11) is 0. The fourth-order valence-corrected chi connectivity index (χ4v) is 9.70. The number of fused-ring (bicyclic) bond motifs is 15. The number of furan rings is 2. The Morgan fingerprint density at radius 2 is 1.21 bits per heavy atom. The van der Waals surface area contributed by atoms with Crippen molar-refractivity contribution in [3.8, 4) is 11.1 Å². The van der Waals surface area contributed by atoms with Gasteiger partial charge in [0.2, 0.25) is 0 Å². The van der Waals surface area contributed by atoms with Crippen molar-refractivity contribution in [3.05, 3.63) is 151 Å². The van der Waals surface area contributed by atoms with E-state index in [1.54, 1.807) is 0 Å². The van der Waals surface area contributed by atoms with E-state index in [0.29, 0.717) is 0 Å². The van der Waals surface area contributed by atoms with E-state index in [-0.39, 0.29) is 6.85 Å². The molecule has 0 aliphatic carbocycles. The van der Waals surface area contributed by atoms with Crippen LogP contribution in [0.2, 0.25) is 0 Å². The lowest BCUT2D eigenvalue weighted by atomic mass is 9.45. The third kappa shape index (κ3) is 3.25. The van der Waals surface area contributed by atoms with Crippen molar-refractivity contribution in [3.63, 3.8) is 0 Å². The first-order chi connectivity index (χ1) is 25.7. The molecule has 0 fully saturated rings. The SMILES string of the molecule is Cc1cc2c3c(c1)N(c1ccc4oc5ccccc5c4c1)c1cc4c(cc1B3n1c3ccc5ccccc5c3c3cccc-2c31)oc1ccccc14. The second-order valence-corrected chi connectivity index (χ2v) is 14.5.